The van der Waals surface area contributed by atoms with Crippen LogP contribution in [0.1, 0.15) is 37.7 Å². The topological polar surface area (TPSA) is 44.9 Å². The fourth-order valence-corrected chi connectivity index (χ4v) is 1.49. The highest BCUT2D eigenvalue weighted by Crippen LogP contribution is 2.17. The Balaban J connectivity index is 2.37. The molecule has 84 valence electrons. The summed E-state index contributed by atoms with van der Waals surface area (Å²) in [6.07, 6.45) is 2.72. The monoisotopic (exact) mass is 272 g/mol. The standard InChI is InChI=1S/C11H17BrN2O/c1-11(2,3)4-5-13-10(15)9-6-8(12)7-14-9/h6-7,14H,4-5H2,1-3H3,(H,13,15). The maximum atomic E-state index is 11.6. The van der Waals surface area contributed by atoms with Crippen molar-refractivity contribution in [3.8, 4) is 0 Å². The molecule has 1 amide bonds. The van der Waals surface area contributed by atoms with Crippen LogP contribution in [0.2, 0.25) is 0 Å². The molecule has 1 heterocycles. The lowest BCUT2D eigenvalue weighted by Crippen LogP contribution is -2.27. The number of carbonyl (C=O) groups excluding carboxylic acids is 1. The van der Waals surface area contributed by atoms with Gasteiger partial charge in [0.25, 0.3) is 5.91 Å². The van der Waals surface area contributed by atoms with Gasteiger partial charge < -0.3 is 10.3 Å². The van der Waals surface area contributed by atoms with Gasteiger partial charge in [0.15, 0.2) is 0 Å². The molecular weight excluding hydrogens is 256 g/mol. The minimum Gasteiger partial charge on any atom is -0.356 e. The van der Waals surface area contributed by atoms with Crippen molar-refractivity contribution in [2.24, 2.45) is 5.41 Å². The molecule has 0 bridgehead atoms. The van der Waals surface area contributed by atoms with Gasteiger partial charge in [-0.25, -0.2) is 0 Å². The highest BCUT2D eigenvalue weighted by molar-refractivity contribution is 9.10. The number of aromatic amines is 1. The third-order valence-electron chi connectivity index (χ3n) is 2.05. The van der Waals surface area contributed by atoms with Crippen molar-refractivity contribution in [2.75, 3.05) is 6.54 Å². The van der Waals surface area contributed by atoms with Crippen LogP contribution in [0.3, 0.4) is 0 Å². The summed E-state index contributed by atoms with van der Waals surface area (Å²) in [5.74, 6) is -0.0510. The first kappa shape index (κ1) is 12.3. The highest BCUT2D eigenvalue weighted by Gasteiger charge is 2.11. The number of hydrogen-bond donors (Lipinski definition) is 2. The number of halogens is 1. The van der Waals surface area contributed by atoms with Crippen LogP contribution < -0.4 is 5.32 Å². The summed E-state index contributed by atoms with van der Waals surface area (Å²) >= 11 is 3.29. The third kappa shape index (κ3) is 4.51. The van der Waals surface area contributed by atoms with Gasteiger partial charge in [0.05, 0.1) is 0 Å². The van der Waals surface area contributed by atoms with Crippen LogP contribution in [-0.4, -0.2) is 17.4 Å². The Labute approximate surface area is 98.8 Å². The van der Waals surface area contributed by atoms with Crippen molar-refractivity contribution in [1.29, 1.82) is 0 Å². The average molecular weight is 273 g/mol. The van der Waals surface area contributed by atoms with Crippen LogP contribution in [0.25, 0.3) is 0 Å². The zero-order chi connectivity index (χ0) is 11.5. The van der Waals surface area contributed by atoms with E-state index in [9.17, 15) is 4.79 Å². The summed E-state index contributed by atoms with van der Waals surface area (Å²) in [6.45, 7) is 7.18. The second kappa shape index (κ2) is 4.84. The molecule has 0 radical (unpaired) electrons. The SMILES string of the molecule is CC(C)(C)CCNC(=O)c1cc(Br)c[nH]1. The Hall–Kier alpha value is -0.770. The van der Waals surface area contributed by atoms with Crippen molar-refractivity contribution in [1.82, 2.24) is 10.3 Å². The summed E-state index contributed by atoms with van der Waals surface area (Å²) in [7, 11) is 0. The Bertz CT molecular complexity index is 339. The highest BCUT2D eigenvalue weighted by atomic mass is 79.9. The maximum Gasteiger partial charge on any atom is 0.267 e. The number of rotatable bonds is 3. The van der Waals surface area contributed by atoms with Crippen LogP contribution in [-0.2, 0) is 0 Å². The number of hydrogen-bond acceptors (Lipinski definition) is 1. The molecule has 0 saturated carbocycles. The average Bonchev–Trinajstić information content (AvgIpc) is 2.49. The predicted molar refractivity (Wildman–Crippen MR) is 64.9 cm³/mol. The summed E-state index contributed by atoms with van der Waals surface area (Å²) in [5, 5.41) is 2.88. The molecule has 15 heavy (non-hydrogen) atoms. The fraction of sp³-hybridized carbons (Fsp3) is 0.545. The van der Waals surface area contributed by atoms with Gasteiger partial charge in [0, 0.05) is 17.2 Å². The number of aromatic nitrogens is 1. The van der Waals surface area contributed by atoms with E-state index in [0.29, 0.717) is 12.2 Å². The van der Waals surface area contributed by atoms with E-state index in [1.165, 1.54) is 0 Å². The van der Waals surface area contributed by atoms with E-state index < -0.39 is 0 Å². The lowest BCUT2D eigenvalue weighted by molar-refractivity contribution is 0.0945. The molecule has 0 aliphatic heterocycles. The smallest absolute Gasteiger partial charge is 0.267 e. The minimum atomic E-state index is -0.0510. The van der Waals surface area contributed by atoms with Gasteiger partial charge in [0.1, 0.15) is 5.69 Å². The molecule has 0 aliphatic carbocycles. The fourth-order valence-electron chi connectivity index (χ4n) is 1.15. The second-order valence-corrected chi connectivity index (χ2v) is 5.71. The molecule has 0 spiro atoms. The lowest BCUT2D eigenvalue weighted by atomic mass is 9.92. The van der Waals surface area contributed by atoms with E-state index in [1.54, 1.807) is 12.3 Å². The molecule has 2 N–H and O–H groups in total. The van der Waals surface area contributed by atoms with Gasteiger partial charge in [-0.2, -0.15) is 0 Å². The molecule has 0 aromatic carbocycles. The van der Waals surface area contributed by atoms with Crippen molar-refractivity contribution in [3.63, 3.8) is 0 Å². The molecule has 0 unspecified atom stereocenters. The van der Waals surface area contributed by atoms with E-state index in [-0.39, 0.29) is 11.3 Å². The minimum absolute atomic E-state index is 0.0510. The zero-order valence-corrected chi connectivity index (χ0v) is 10.9. The van der Waals surface area contributed by atoms with Gasteiger partial charge in [0.2, 0.25) is 0 Å². The van der Waals surface area contributed by atoms with Crippen LogP contribution >= 0.6 is 15.9 Å². The first-order valence-corrected chi connectivity index (χ1v) is 5.80. The third-order valence-corrected chi connectivity index (χ3v) is 2.51. The summed E-state index contributed by atoms with van der Waals surface area (Å²) in [5.41, 5.74) is 0.847. The van der Waals surface area contributed by atoms with Gasteiger partial charge in [-0.3, -0.25) is 4.79 Å². The molecule has 0 atom stereocenters. The van der Waals surface area contributed by atoms with E-state index in [4.69, 9.17) is 0 Å². The van der Waals surface area contributed by atoms with E-state index in [2.05, 4.69) is 47.0 Å². The Morgan fingerprint density at radius 3 is 2.67 bits per heavy atom. The van der Waals surface area contributed by atoms with Crippen LogP contribution in [0.15, 0.2) is 16.7 Å². The van der Waals surface area contributed by atoms with E-state index in [1.807, 2.05) is 0 Å². The first-order valence-electron chi connectivity index (χ1n) is 5.00. The molecule has 4 heteroatoms. The summed E-state index contributed by atoms with van der Waals surface area (Å²) in [6, 6.07) is 1.77. The molecular formula is C11H17BrN2O. The van der Waals surface area contributed by atoms with Crippen LogP contribution in [0, 0.1) is 5.41 Å². The Morgan fingerprint density at radius 2 is 2.20 bits per heavy atom. The van der Waals surface area contributed by atoms with Crippen molar-refractivity contribution in [3.05, 3.63) is 22.4 Å². The quantitative estimate of drug-likeness (QED) is 0.873. The number of nitrogens with one attached hydrogen (secondary N) is 2. The van der Waals surface area contributed by atoms with Crippen LogP contribution in [0.4, 0.5) is 0 Å². The summed E-state index contributed by atoms with van der Waals surface area (Å²) in [4.78, 5) is 14.5. The Kier molecular flexibility index (Phi) is 3.97. The van der Waals surface area contributed by atoms with Gasteiger partial charge >= 0.3 is 0 Å². The number of H-pyrrole nitrogens is 1. The number of amides is 1. The zero-order valence-electron chi connectivity index (χ0n) is 9.36. The molecule has 1 aromatic heterocycles. The van der Waals surface area contributed by atoms with Gasteiger partial charge in [-0.05, 0) is 33.8 Å². The molecule has 0 aliphatic rings. The number of carbonyl (C=O) groups is 1. The normalized spacial score (nSPS) is 11.5. The molecule has 1 rings (SSSR count). The van der Waals surface area contributed by atoms with Gasteiger partial charge in [-0.15, -0.1) is 0 Å². The van der Waals surface area contributed by atoms with Crippen molar-refractivity contribution < 1.29 is 4.79 Å². The van der Waals surface area contributed by atoms with Crippen molar-refractivity contribution in [2.45, 2.75) is 27.2 Å². The largest absolute Gasteiger partial charge is 0.356 e. The molecule has 3 nitrogen and oxygen atoms in total. The van der Waals surface area contributed by atoms with Crippen LogP contribution in [0.5, 0.6) is 0 Å². The maximum absolute atomic E-state index is 11.6. The van der Waals surface area contributed by atoms with E-state index >= 15 is 0 Å². The molecule has 1 aromatic rings. The predicted octanol–water partition coefficient (Wildman–Crippen LogP) is 2.94. The molecule has 0 saturated heterocycles. The van der Waals surface area contributed by atoms with Gasteiger partial charge in [-0.1, -0.05) is 20.8 Å². The van der Waals surface area contributed by atoms with E-state index in [0.717, 1.165) is 10.9 Å². The second-order valence-electron chi connectivity index (χ2n) is 4.80. The Morgan fingerprint density at radius 1 is 1.53 bits per heavy atom. The lowest BCUT2D eigenvalue weighted by Gasteiger charge is -2.17. The first-order chi connectivity index (χ1) is 6.88. The molecule has 0 fully saturated rings. The van der Waals surface area contributed by atoms with Crippen molar-refractivity contribution >= 4 is 21.8 Å². The summed E-state index contributed by atoms with van der Waals surface area (Å²) < 4.78 is 0.892.